The van der Waals surface area contributed by atoms with Gasteiger partial charge in [0.2, 0.25) is 5.91 Å². The Balaban J connectivity index is 1.49. The number of carbonyl (C=O) groups is 2. The van der Waals surface area contributed by atoms with E-state index in [2.05, 4.69) is 32.2 Å². The highest BCUT2D eigenvalue weighted by atomic mass is 16.5. The molecule has 2 aliphatic rings. The average molecular weight is 480 g/mol. The number of likely N-dealkylation sites (tertiary alicyclic amines) is 1. The van der Waals surface area contributed by atoms with Gasteiger partial charge in [-0.1, -0.05) is 31.0 Å². The van der Waals surface area contributed by atoms with Gasteiger partial charge in [0.1, 0.15) is 12.2 Å². The summed E-state index contributed by atoms with van der Waals surface area (Å²) in [5, 5.41) is 15.7. The summed E-state index contributed by atoms with van der Waals surface area (Å²) in [5.41, 5.74) is 1.74. The lowest BCUT2D eigenvalue weighted by Crippen LogP contribution is -2.48. The molecule has 8 nitrogen and oxygen atoms in total. The monoisotopic (exact) mass is 479 g/mol. The summed E-state index contributed by atoms with van der Waals surface area (Å²) in [6, 6.07) is 11.9. The van der Waals surface area contributed by atoms with E-state index >= 15 is 0 Å². The molecule has 0 spiro atoms. The number of nitriles is 1. The number of ether oxygens (including phenoxy) is 1. The summed E-state index contributed by atoms with van der Waals surface area (Å²) in [6.07, 6.45) is 5.64. The number of piperidine rings is 1. The van der Waals surface area contributed by atoms with Crippen molar-refractivity contribution < 1.29 is 14.3 Å². The maximum Gasteiger partial charge on any atom is 0.268 e. The zero-order valence-electron chi connectivity index (χ0n) is 20.7. The normalized spacial score (nSPS) is 21.5. The fourth-order valence-electron chi connectivity index (χ4n) is 5.58. The minimum atomic E-state index is -0.296. The molecule has 2 N–H and O–H groups in total. The van der Waals surface area contributed by atoms with Crippen LogP contribution >= 0.6 is 0 Å². The Kier molecular flexibility index (Phi) is 8.78. The van der Waals surface area contributed by atoms with Crippen molar-refractivity contribution in [3.63, 3.8) is 0 Å². The predicted octanol–water partition coefficient (Wildman–Crippen LogP) is 2.93. The third-order valence-electron chi connectivity index (χ3n) is 7.56. The first kappa shape index (κ1) is 25.2. The van der Waals surface area contributed by atoms with Gasteiger partial charge in [-0.15, -0.1) is 0 Å². The molecule has 1 aliphatic heterocycles. The van der Waals surface area contributed by atoms with Gasteiger partial charge in [0, 0.05) is 37.1 Å². The van der Waals surface area contributed by atoms with Gasteiger partial charge in [-0.25, -0.2) is 0 Å². The van der Waals surface area contributed by atoms with Crippen molar-refractivity contribution in [1.29, 1.82) is 5.26 Å². The molecule has 2 heterocycles. The van der Waals surface area contributed by atoms with Crippen LogP contribution in [-0.2, 0) is 16.1 Å². The number of aromatic nitrogens is 1. The Morgan fingerprint density at radius 3 is 2.69 bits per heavy atom. The highest BCUT2D eigenvalue weighted by Crippen LogP contribution is 2.28. The molecule has 8 heteroatoms. The fraction of sp³-hybridized carbons (Fsp3) is 0.593. The number of methoxy groups -OCH3 is 1. The summed E-state index contributed by atoms with van der Waals surface area (Å²) in [6.45, 7) is 4.63. The van der Waals surface area contributed by atoms with Crippen molar-refractivity contribution in [3.8, 4) is 6.07 Å². The lowest BCUT2D eigenvalue weighted by Gasteiger charge is -2.33. The van der Waals surface area contributed by atoms with Crippen molar-refractivity contribution in [1.82, 2.24) is 20.1 Å². The number of para-hydroxylation sites is 1. The summed E-state index contributed by atoms with van der Waals surface area (Å²) in [7, 11) is 1.74. The van der Waals surface area contributed by atoms with E-state index in [4.69, 9.17) is 10.00 Å². The molecule has 35 heavy (non-hydrogen) atoms. The number of hydrogen-bond donors (Lipinski definition) is 2. The zero-order valence-corrected chi connectivity index (χ0v) is 20.7. The molecular weight excluding hydrogens is 442 g/mol. The van der Waals surface area contributed by atoms with E-state index in [9.17, 15) is 9.59 Å². The molecule has 2 unspecified atom stereocenters. The molecule has 1 aromatic carbocycles. The topological polar surface area (TPSA) is 99.4 Å². The smallest absolute Gasteiger partial charge is 0.268 e. The summed E-state index contributed by atoms with van der Waals surface area (Å²) in [4.78, 5) is 28.6. The lowest BCUT2D eigenvalue weighted by atomic mass is 9.83. The van der Waals surface area contributed by atoms with Gasteiger partial charge in [-0.2, -0.15) is 5.26 Å². The van der Waals surface area contributed by atoms with Crippen molar-refractivity contribution in [2.45, 2.75) is 51.1 Å². The summed E-state index contributed by atoms with van der Waals surface area (Å²) < 4.78 is 7.40. The van der Waals surface area contributed by atoms with Crippen LogP contribution in [0.1, 0.15) is 49.0 Å². The maximum absolute atomic E-state index is 13.6. The number of amides is 2. The minimum absolute atomic E-state index is 0.00543. The number of benzene rings is 1. The van der Waals surface area contributed by atoms with Crippen LogP contribution in [-0.4, -0.2) is 67.2 Å². The van der Waals surface area contributed by atoms with Crippen LogP contribution in [0.5, 0.6) is 0 Å². The van der Waals surface area contributed by atoms with Gasteiger partial charge in [0.05, 0.1) is 18.6 Å². The second kappa shape index (κ2) is 12.2. The van der Waals surface area contributed by atoms with Gasteiger partial charge in [0.25, 0.3) is 5.91 Å². The molecule has 1 saturated heterocycles. The van der Waals surface area contributed by atoms with E-state index in [1.54, 1.807) is 7.11 Å². The molecule has 4 rings (SSSR count). The van der Waals surface area contributed by atoms with Crippen LogP contribution in [0.25, 0.3) is 10.9 Å². The van der Waals surface area contributed by atoms with E-state index in [1.165, 1.54) is 0 Å². The van der Waals surface area contributed by atoms with Gasteiger partial charge >= 0.3 is 0 Å². The first-order valence-corrected chi connectivity index (χ1v) is 12.9. The highest BCUT2D eigenvalue weighted by molar-refractivity contribution is 5.99. The van der Waals surface area contributed by atoms with E-state index in [-0.39, 0.29) is 30.3 Å². The standard InChI is InChI=1S/C27H37N5O3/c1-35-17-16-31-14-10-20(11-15-31)19-32-24-9-5-2-6-21(24)18-25(32)27(34)30-23-8-4-3-7-22(23)26(33)29-13-12-28/h2,5-6,9,18,20,22-23H,3-4,7-8,10-11,13-17,19H2,1H3,(H,29,33)(H,30,34). The number of hydrogen-bond acceptors (Lipinski definition) is 5. The van der Waals surface area contributed by atoms with Crippen molar-refractivity contribution in [2.75, 3.05) is 39.9 Å². The molecule has 0 bridgehead atoms. The van der Waals surface area contributed by atoms with Crippen LogP contribution in [0, 0.1) is 23.2 Å². The van der Waals surface area contributed by atoms with Gasteiger partial charge in [-0.3, -0.25) is 9.59 Å². The third kappa shape index (κ3) is 6.22. The molecule has 1 aliphatic carbocycles. The van der Waals surface area contributed by atoms with E-state index in [0.29, 0.717) is 11.6 Å². The summed E-state index contributed by atoms with van der Waals surface area (Å²) >= 11 is 0. The second-order valence-corrected chi connectivity index (χ2v) is 9.82. The summed E-state index contributed by atoms with van der Waals surface area (Å²) in [5.74, 6) is -0.0494. The van der Waals surface area contributed by atoms with Crippen LogP contribution in [0.4, 0.5) is 0 Å². The van der Waals surface area contributed by atoms with Crippen molar-refractivity contribution >= 4 is 22.7 Å². The Labute approximate surface area is 207 Å². The number of nitrogens with one attached hydrogen (secondary N) is 2. The Morgan fingerprint density at radius 2 is 1.91 bits per heavy atom. The van der Waals surface area contributed by atoms with Gasteiger partial charge in [0.15, 0.2) is 0 Å². The van der Waals surface area contributed by atoms with E-state index in [0.717, 1.165) is 82.2 Å². The minimum Gasteiger partial charge on any atom is -0.383 e. The van der Waals surface area contributed by atoms with E-state index < -0.39 is 0 Å². The van der Waals surface area contributed by atoms with Crippen LogP contribution in [0.2, 0.25) is 0 Å². The molecule has 1 aromatic heterocycles. The number of fused-ring (bicyclic) bond motifs is 1. The number of nitrogens with zero attached hydrogens (tertiary/aromatic N) is 3. The zero-order chi connectivity index (χ0) is 24.6. The van der Waals surface area contributed by atoms with Crippen LogP contribution in [0.15, 0.2) is 30.3 Å². The SMILES string of the molecule is COCCN1CCC(Cn2c(C(=O)NC3CCCCC3C(=O)NCC#N)cc3ccccc32)CC1. The Morgan fingerprint density at radius 1 is 1.14 bits per heavy atom. The predicted molar refractivity (Wildman–Crippen MR) is 135 cm³/mol. The average Bonchev–Trinajstić information content (AvgIpc) is 3.25. The molecule has 2 fully saturated rings. The van der Waals surface area contributed by atoms with Crippen molar-refractivity contribution in [3.05, 3.63) is 36.0 Å². The highest BCUT2D eigenvalue weighted by Gasteiger charge is 2.33. The van der Waals surface area contributed by atoms with Crippen molar-refractivity contribution in [2.24, 2.45) is 11.8 Å². The number of rotatable bonds is 9. The molecule has 188 valence electrons. The molecule has 2 aromatic rings. The Hall–Kier alpha value is -2.89. The maximum atomic E-state index is 13.6. The molecular formula is C27H37N5O3. The van der Waals surface area contributed by atoms with Gasteiger partial charge < -0.3 is 24.8 Å². The Bertz CT molecular complexity index is 1050. The fourth-order valence-corrected chi connectivity index (χ4v) is 5.58. The van der Waals surface area contributed by atoms with Crippen LogP contribution < -0.4 is 10.6 Å². The second-order valence-electron chi connectivity index (χ2n) is 9.82. The lowest BCUT2D eigenvalue weighted by molar-refractivity contribution is -0.126. The molecule has 1 saturated carbocycles. The first-order chi connectivity index (χ1) is 17.1. The molecule has 2 amide bonds. The van der Waals surface area contributed by atoms with Crippen LogP contribution in [0.3, 0.4) is 0 Å². The number of carbonyl (C=O) groups excluding carboxylic acids is 2. The quantitative estimate of drug-likeness (QED) is 0.539. The molecule has 2 atom stereocenters. The third-order valence-corrected chi connectivity index (χ3v) is 7.56. The molecule has 0 radical (unpaired) electrons. The first-order valence-electron chi connectivity index (χ1n) is 12.9. The van der Waals surface area contributed by atoms with E-state index in [1.807, 2.05) is 24.3 Å². The van der Waals surface area contributed by atoms with Gasteiger partial charge in [-0.05, 0) is 56.8 Å². The largest absolute Gasteiger partial charge is 0.383 e.